The molecule has 0 radical (unpaired) electrons. The molecule has 2 aromatic rings. The zero-order valence-corrected chi connectivity index (χ0v) is 18.9. The first kappa shape index (κ1) is 47.0. The molecule has 0 unspecified atom stereocenters. The Morgan fingerprint density at radius 2 is 0.742 bits per heavy atom. The molecule has 2 aromatic carbocycles. The fourth-order valence-corrected chi connectivity index (χ4v) is 2.48. The summed E-state index contributed by atoms with van der Waals surface area (Å²) in [5.41, 5.74) is 1.56. The van der Waals surface area contributed by atoms with Gasteiger partial charge >= 0.3 is 16.5 Å². The van der Waals surface area contributed by atoms with Crippen molar-refractivity contribution in [3.05, 3.63) is 72.8 Å². The Kier molecular flexibility index (Phi) is 30.2. The van der Waals surface area contributed by atoms with Crippen LogP contribution in [0.1, 0.15) is 11.1 Å². The second kappa shape index (κ2) is 19.9. The maximum Gasteiger partial charge on any atom is 2.00 e. The van der Waals surface area contributed by atoms with E-state index in [1.54, 1.807) is 12.2 Å². The number of hydrogen-bond donors (Lipinski definition) is 0. The van der Waals surface area contributed by atoms with Gasteiger partial charge in [0.1, 0.15) is 20.2 Å². The smallest absolute Gasteiger partial charge is 0.744 e. The summed E-state index contributed by atoms with van der Waals surface area (Å²) in [6, 6.07) is 11.2. The fourth-order valence-electron chi connectivity index (χ4n) is 1.54. The molecule has 184 valence electrons. The predicted molar refractivity (Wildman–Crippen MR) is 118 cm³/mol. The molecular formula is C16H32NiO12S2+6. The maximum absolute atomic E-state index is 10.5. The van der Waals surface area contributed by atoms with Crippen molar-refractivity contribution in [1.29, 1.82) is 0 Å². The van der Waals surface area contributed by atoms with E-state index in [1.807, 2.05) is 0 Å². The molecule has 0 spiro atoms. The van der Waals surface area contributed by atoms with Crippen LogP contribution >= 0.6 is 0 Å². The molecule has 0 aliphatic rings. The molecule has 0 fully saturated rings. The molecule has 0 saturated heterocycles. The maximum atomic E-state index is 10.5. The summed E-state index contributed by atoms with van der Waals surface area (Å²) in [6.45, 7) is 6.99. The van der Waals surface area contributed by atoms with Crippen molar-refractivity contribution in [2.45, 2.75) is 9.79 Å². The van der Waals surface area contributed by atoms with Crippen molar-refractivity contribution in [3.63, 3.8) is 0 Å². The van der Waals surface area contributed by atoms with Crippen LogP contribution in [0.15, 0.2) is 71.5 Å². The third-order valence-corrected chi connectivity index (χ3v) is 4.51. The van der Waals surface area contributed by atoms with Gasteiger partial charge in [0.2, 0.25) is 0 Å². The zero-order valence-electron chi connectivity index (χ0n) is 16.2. The zero-order chi connectivity index (χ0) is 18.4. The molecule has 12 nitrogen and oxygen atoms in total. The van der Waals surface area contributed by atoms with E-state index in [2.05, 4.69) is 13.2 Å². The van der Waals surface area contributed by atoms with Crippen LogP contribution in [0.4, 0.5) is 0 Å². The first-order valence-electron chi connectivity index (χ1n) is 6.44. The van der Waals surface area contributed by atoms with Gasteiger partial charge < -0.3 is 42.0 Å². The van der Waals surface area contributed by atoms with Crippen LogP contribution in [0.3, 0.4) is 0 Å². The molecule has 0 aliphatic carbocycles. The Morgan fingerprint density at radius 3 is 0.871 bits per heavy atom. The first-order chi connectivity index (χ1) is 11.1. The predicted octanol–water partition coefficient (Wildman–Crippen LogP) is -3.07. The van der Waals surface area contributed by atoms with Crippen LogP contribution in [0.25, 0.3) is 12.2 Å². The van der Waals surface area contributed by atoms with E-state index >= 15 is 0 Å². The summed E-state index contributed by atoms with van der Waals surface area (Å²) in [5, 5.41) is 0. The van der Waals surface area contributed by atoms with Gasteiger partial charge in [-0.05, 0) is 35.4 Å². The van der Waals surface area contributed by atoms with Crippen LogP contribution in [-0.2, 0) is 69.6 Å². The Bertz CT molecular complexity index is 846. The fraction of sp³-hybridized carbons (Fsp3) is 0. The van der Waals surface area contributed by atoms with Gasteiger partial charge in [0.15, 0.2) is 0 Å². The van der Waals surface area contributed by atoms with Crippen LogP contribution in [0.2, 0.25) is 0 Å². The average molecular weight is 539 g/mol. The van der Waals surface area contributed by atoms with Gasteiger partial charge in [-0.1, -0.05) is 49.6 Å². The minimum atomic E-state index is -4.31. The van der Waals surface area contributed by atoms with Crippen LogP contribution < -0.4 is 0 Å². The Labute approximate surface area is 190 Å². The second-order valence-corrected chi connectivity index (χ2v) is 7.21. The van der Waals surface area contributed by atoms with E-state index in [0.717, 1.165) is 11.1 Å². The molecule has 18 N–H and O–H groups in total. The average Bonchev–Trinajstić information content (AvgIpc) is 2.54. The summed E-state index contributed by atoms with van der Waals surface area (Å²) in [4.78, 5) is -0.429. The molecule has 0 aliphatic heterocycles. The molecule has 0 heterocycles. The third kappa shape index (κ3) is 16.4. The van der Waals surface area contributed by atoms with E-state index in [9.17, 15) is 25.9 Å². The molecule has 2 rings (SSSR count). The van der Waals surface area contributed by atoms with Crippen molar-refractivity contribution in [1.82, 2.24) is 0 Å². The minimum absolute atomic E-state index is 0. The van der Waals surface area contributed by atoms with Gasteiger partial charge in [-0.15, -0.1) is 0 Å². The summed E-state index contributed by atoms with van der Waals surface area (Å²) in [5.74, 6) is 0. The molecular weight excluding hydrogens is 507 g/mol. The van der Waals surface area contributed by atoms with Crippen LogP contribution in [0.5, 0.6) is 0 Å². The molecule has 31 heavy (non-hydrogen) atoms. The van der Waals surface area contributed by atoms with Crippen LogP contribution in [0, 0.1) is 0 Å². The third-order valence-electron chi connectivity index (χ3n) is 2.81. The van der Waals surface area contributed by atoms with Crippen molar-refractivity contribution in [2.75, 3.05) is 0 Å². The quantitative estimate of drug-likeness (QED) is 0.220. The van der Waals surface area contributed by atoms with Gasteiger partial charge in [0, 0.05) is 0 Å². The Hall–Kier alpha value is -2.01. The monoisotopic (exact) mass is 538 g/mol. The minimum Gasteiger partial charge on any atom is -0.744 e. The summed E-state index contributed by atoms with van der Waals surface area (Å²) >= 11 is 0. The van der Waals surface area contributed by atoms with E-state index in [-0.39, 0.29) is 59.1 Å². The number of benzene rings is 2. The Balaban J connectivity index is -0.0000000606. The molecule has 0 bridgehead atoms. The van der Waals surface area contributed by atoms with Crippen molar-refractivity contribution in [2.24, 2.45) is 0 Å². The summed E-state index contributed by atoms with van der Waals surface area (Å²) in [7, 11) is -8.62. The molecule has 15 heteroatoms. The van der Waals surface area contributed by atoms with Crippen LogP contribution in [-0.4, -0.2) is 25.9 Å². The van der Waals surface area contributed by atoms with Crippen molar-refractivity contribution < 1.29 is 75.3 Å². The molecule has 0 aromatic heterocycles. The summed E-state index contributed by atoms with van der Waals surface area (Å²) < 4.78 is 62.7. The van der Waals surface area contributed by atoms with E-state index in [4.69, 9.17) is 0 Å². The van der Waals surface area contributed by atoms with Gasteiger partial charge in [-0.2, -0.15) is 0 Å². The van der Waals surface area contributed by atoms with E-state index < -0.39 is 20.2 Å². The normalized spacial score (nSPS) is 8.58. The first-order valence-corrected chi connectivity index (χ1v) is 9.26. The van der Waals surface area contributed by atoms with Gasteiger partial charge in [-0.25, -0.2) is 16.8 Å². The standard InChI is InChI=1S/2C8H8O3S.Ni.6H2O/c2*1-2-7-3-5-8(6-4-7)12(9,10)11;;;;;;;/h2*2-6H,1H2,(H,9,10,11);;6*1H2/q;;+2;;;;;;/p+4. The SMILES string of the molecule is C=Cc1ccc(S(=O)(=O)[O-])cc1.C=Cc1ccc(S(=O)(=O)[O-])cc1.[Ni+2].[OH3+].[OH3+].[OH3+].[OH3+].[OH3+].[OH3+]. The topological polar surface area (TPSA) is 312 Å². The second-order valence-electron chi connectivity index (χ2n) is 4.45. The Morgan fingerprint density at radius 1 is 0.548 bits per heavy atom. The summed E-state index contributed by atoms with van der Waals surface area (Å²) in [6.07, 6.45) is 3.14. The molecule has 0 atom stereocenters. The van der Waals surface area contributed by atoms with Gasteiger partial charge in [0.05, 0.1) is 9.79 Å². The molecule has 0 saturated carbocycles. The van der Waals surface area contributed by atoms with Crippen molar-refractivity contribution >= 4 is 32.4 Å². The number of rotatable bonds is 4. The largest absolute Gasteiger partial charge is 2.00 e. The van der Waals surface area contributed by atoms with Crippen molar-refractivity contribution in [3.8, 4) is 0 Å². The van der Waals surface area contributed by atoms with Gasteiger partial charge in [0.25, 0.3) is 0 Å². The van der Waals surface area contributed by atoms with E-state index in [1.165, 1.54) is 48.5 Å². The van der Waals surface area contributed by atoms with Gasteiger partial charge in [-0.3, -0.25) is 0 Å². The van der Waals surface area contributed by atoms with E-state index in [0.29, 0.717) is 0 Å². The molecule has 0 amide bonds. The number of hydrogen-bond acceptors (Lipinski definition) is 6.